The zero-order chi connectivity index (χ0) is 23.5. The maximum absolute atomic E-state index is 12.4. The maximum atomic E-state index is 12.4. The molecule has 0 aliphatic heterocycles. The van der Waals surface area contributed by atoms with E-state index < -0.39 is 5.91 Å². The number of nitrogens with two attached hydrogens (primary N) is 1. The summed E-state index contributed by atoms with van der Waals surface area (Å²) in [5.74, 6) is 5.22. The number of amides is 2. The first-order valence-electron chi connectivity index (χ1n) is 10.3. The molecule has 4 rings (SSSR count). The van der Waals surface area contributed by atoms with Gasteiger partial charge in [-0.2, -0.15) is 0 Å². The Kier molecular flexibility index (Phi) is 8.10. The molecule has 162 valence electrons. The number of aromatic nitrogens is 1. The molecule has 5 heteroatoms. The summed E-state index contributed by atoms with van der Waals surface area (Å²) in [5, 5.41) is 2.88. The molecule has 1 heterocycles. The predicted octanol–water partition coefficient (Wildman–Crippen LogP) is 4.83. The van der Waals surface area contributed by atoms with Crippen LogP contribution < -0.4 is 11.1 Å². The second-order valence-electron chi connectivity index (χ2n) is 7.08. The third-order valence-electron chi connectivity index (χ3n) is 4.55. The lowest BCUT2D eigenvalue weighted by Gasteiger charge is -2.07. The molecule has 0 saturated heterocycles. The third kappa shape index (κ3) is 7.20. The van der Waals surface area contributed by atoms with Crippen LogP contribution >= 0.6 is 0 Å². The summed E-state index contributed by atoms with van der Waals surface area (Å²) in [6.07, 6.45) is 2.96. The zero-order valence-electron chi connectivity index (χ0n) is 18.2. The monoisotopic (exact) mass is 433 g/mol. The lowest BCUT2D eigenvalue weighted by molar-refractivity contribution is 0.0997. The highest BCUT2D eigenvalue weighted by molar-refractivity contribution is 6.05. The molecule has 0 atom stereocenters. The minimum Gasteiger partial charge on any atom is -0.366 e. The SMILES string of the molecule is Cc1ccccc1C(=O)Nc1cccc(C#Cc2cncc(C(N)=O)c2)c1.c1ccccc1. The summed E-state index contributed by atoms with van der Waals surface area (Å²) in [6, 6.07) is 28.2. The number of benzene rings is 3. The van der Waals surface area contributed by atoms with E-state index in [1.807, 2.05) is 73.7 Å². The summed E-state index contributed by atoms with van der Waals surface area (Å²) in [6.45, 7) is 1.89. The standard InChI is InChI=1S/C22H17N3O2.C6H6/c1-15-5-2-3-8-20(15)22(27)25-19-7-4-6-16(12-19)9-10-17-11-18(21(23)26)14-24-13-17;1-2-4-6-5-3-1/h2-8,11-14H,1H3,(H2,23,26)(H,25,27);1-6H. The fourth-order valence-corrected chi connectivity index (χ4v) is 2.87. The predicted molar refractivity (Wildman–Crippen MR) is 131 cm³/mol. The van der Waals surface area contributed by atoms with Crippen LogP contribution in [-0.2, 0) is 0 Å². The van der Waals surface area contributed by atoms with Crippen LogP contribution in [0.25, 0.3) is 0 Å². The van der Waals surface area contributed by atoms with Gasteiger partial charge >= 0.3 is 0 Å². The number of nitrogens with zero attached hydrogens (tertiary/aromatic N) is 1. The quantitative estimate of drug-likeness (QED) is 0.454. The van der Waals surface area contributed by atoms with Crippen LogP contribution in [-0.4, -0.2) is 16.8 Å². The molecule has 3 N–H and O–H groups in total. The van der Waals surface area contributed by atoms with Gasteiger partial charge in [-0.3, -0.25) is 14.6 Å². The molecular formula is C28H23N3O2. The van der Waals surface area contributed by atoms with E-state index in [4.69, 9.17) is 5.73 Å². The van der Waals surface area contributed by atoms with Crippen LogP contribution in [0.3, 0.4) is 0 Å². The molecule has 33 heavy (non-hydrogen) atoms. The number of hydrogen-bond donors (Lipinski definition) is 2. The number of aryl methyl sites for hydroxylation is 1. The molecular weight excluding hydrogens is 410 g/mol. The lowest BCUT2D eigenvalue weighted by Crippen LogP contribution is -2.13. The number of hydrogen-bond acceptors (Lipinski definition) is 3. The molecule has 0 bridgehead atoms. The normalized spacial score (nSPS) is 9.48. The maximum Gasteiger partial charge on any atom is 0.255 e. The highest BCUT2D eigenvalue weighted by atomic mass is 16.2. The Morgan fingerprint density at radius 2 is 1.45 bits per heavy atom. The molecule has 0 radical (unpaired) electrons. The summed E-state index contributed by atoms with van der Waals surface area (Å²) in [5.41, 5.74) is 9.05. The van der Waals surface area contributed by atoms with Crippen LogP contribution in [0.2, 0.25) is 0 Å². The molecule has 0 fully saturated rings. The van der Waals surface area contributed by atoms with Crippen molar-refractivity contribution in [3.05, 3.63) is 131 Å². The fraction of sp³-hybridized carbons (Fsp3) is 0.0357. The van der Waals surface area contributed by atoms with E-state index in [1.165, 1.54) is 6.20 Å². The van der Waals surface area contributed by atoms with E-state index in [0.717, 1.165) is 11.1 Å². The molecule has 0 saturated carbocycles. The first kappa shape index (κ1) is 23.0. The van der Waals surface area contributed by atoms with Gasteiger partial charge in [0, 0.05) is 34.8 Å². The van der Waals surface area contributed by atoms with Crippen molar-refractivity contribution in [1.29, 1.82) is 0 Å². The molecule has 0 aliphatic rings. The van der Waals surface area contributed by atoms with E-state index in [9.17, 15) is 9.59 Å². The van der Waals surface area contributed by atoms with Crippen molar-refractivity contribution in [2.75, 3.05) is 5.32 Å². The average molecular weight is 434 g/mol. The average Bonchev–Trinajstić information content (AvgIpc) is 2.85. The second-order valence-corrected chi connectivity index (χ2v) is 7.08. The van der Waals surface area contributed by atoms with Crippen molar-refractivity contribution in [1.82, 2.24) is 4.98 Å². The Hall–Kier alpha value is -4.69. The van der Waals surface area contributed by atoms with Gasteiger partial charge in [-0.25, -0.2) is 0 Å². The van der Waals surface area contributed by atoms with Crippen molar-refractivity contribution < 1.29 is 9.59 Å². The van der Waals surface area contributed by atoms with Crippen LogP contribution in [0, 0.1) is 18.8 Å². The Bertz CT molecular complexity index is 1280. The molecule has 1 aromatic heterocycles. The number of nitrogens with one attached hydrogen (secondary N) is 1. The molecule has 2 amide bonds. The van der Waals surface area contributed by atoms with Crippen LogP contribution in [0.1, 0.15) is 37.4 Å². The van der Waals surface area contributed by atoms with Gasteiger partial charge in [-0.1, -0.05) is 72.5 Å². The summed E-state index contributed by atoms with van der Waals surface area (Å²) in [7, 11) is 0. The molecule has 0 unspecified atom stereocenters. The summed E-state index contributed by atoms with van der Waals surface area (Å²) in [4.78, 5) is 27.6. The molecule has 0 spiro atoms. The van der Waals surface area contributed by atoms with E-state index >= 15 is 0 Å². The van der Waals surface area contributed by atoms with E-state index in [1.54, 1.807) is 30.5 Å². The van der Waals surface area contributed by atoms with Crippen molar-refractivity contribution in [2.45, 2.75) is 6.92 Å². The van der Waals surface area contributed by atoms with Gasteiger partial charge in [0.25, 0.3) is 5.91 Å². The van der Waals surface area contributed by atoms with Crippen molar-refractivity contribution in [3.8, 4) is 11.8 Å². The highest BCUT2D eigenvalue weighted by Gasteiger charge is 2.08. The smallest absolute Gasteiger partial charge is 0.255 e. The Labute approximate surface area is 193 Å². The lowest BCUT2D eigenvalue weighted by atomic mass is 10.1. The van der Waals surface area contributed by atoms with Gasteiger partial charge in [0.15, 0.2) is 0 Å². The van der Waals surface area contributed by atoms with Crippen molar-refractivity contribution in [3.63, 3.8) is 0 Å². The van der Waals surface area contributed by atoms with E-state index in [2.05, 4.69) is 22.1 Å². The van der Waals surface area contributed by atoms with Gasteiger partial charge < -0.3 is 11.1 Å². The largest absolute Gasteiger partial charge is 0.366 e. The molecule has 4 aromatic rings. The number of carbonyl (C=O) groups is 2. The number of rotatable bonds is 3. The Morgan fingerprint density at radius 1 is 0.788 bits per heavy atom. The second kappa shape index (κ2) is 11.6. The topological polar surface area (TPSA) is 85.1 Å². The number of anilines is 1. The molecule has 3 aromatic carbocycles. The minimum absolute atomic E-state index is 0.170. The minimum atomic E-state index is -0.549. The number of pyridine rings is 1. The fourth-order valence-electron chi connectivity index (χ4n) is 2.87. The van der Waals surface area contributed by atoms with Crippen LogP contribution in [0.4, 0.5) is 5.69 Å². The van der Waals surface area contributed by atoms with Gasteiger partial charge in [0.2, 0.25) is 5.91 Å². The van der Waals surface area contributed by atoms with E-state index in [-0.39, 0.29) is 5.91 Å². The first-order chi connectivity index (χ1) is 16.0. The van der Waals surface area contributed by atoms with Gasteiger partial charge in [-0.05, 0) is 42.8 Å². The van der Waals surface area contributed by atoms with Crippen LogP contribution in [0.15, 0.2) is 103 Å². The molecule has 0 aliphatic carbocycles. The van der Waals surface area contributed by atoms with Gasteiger partial charge in [0.1, 0.15) is 0 Å². The molecule has 5 nitrogen and oxygen atoms in total. The van der Waals surface area contributed by atoms with Crippen molar-refractivity contribution in [2.24, 2.45) is 5.73 Å². The van der Waals surface area contributed by atoms with Crippen LogP contribution in [0.5, 0.6) is 0 Å². The highest BCUT2D eigenvalue weighted by Crippen LogP contribution is 2.14. The Morgan fingerprint density at radius 3 is 2.12 bits per heavy atom. The summed E-state index contributed by atoms with van der Waals surface area (Å²) >= 11 is 0. The third-order valence-corrected chi connectivity index (χ3v) is 4.55. The zero-order valence-corrected chi connectivity index (χ0v) is 18.2. The number of primary amides is 1. The van der Waals surface area contributed by atoms with Gasteiger partial charge in [0.05, 0.1) is 5.56 Å². The van der Waals surface area contributed by atoms with Crippen molar-refractivity contribution >= 4 is 17.5 Å². The first-order valence-corrected chi connectivity index (χ1v) is 10.3. The van der Waals surface area contributed by atoms with E-state index in [0.29, 0.717) is 22.4 Å². The number of carbonyl (C=O) groups excluding carboxylic acids is 2. The summed E-state index contributed by atoms with van der Waals surface area (Å²) < 4.78 is 0. The van der Waals surface area contributed by atoms with Gasteiger partial charge in [-0.15, -0.1) is 0 Å². The Balaban J connectivity index is 0.000000442.